The number of likely N-dealkylation sites (N-methyl/N-ethyl adjacent to an activating group) is 1. The van der Waals surface area contributed by atoms with Crippen molar-refractivity contribution in [1.82, 2.24) is 4.90 Å². The summed E-state index contributed by atoms with van der Waals surface area (Å²) in [6.45, 7) is 3.08. The maximum absolute atomic E-state index is 11.2. The van der Waals surface area contributed by atoms with Crippen molar-refractivity contribution in [2.45, 2.75) is 6.42 Å². The predicted molar refractivity (Wildman–Crippen MR) is 42.8 cm³/mol. The lowest BCUT2D eigenvalue weighted by molar-refractivity contribution is -0.883. The van der Waals surface area contributed by atoms with E-state index < -0.39 is 12.4 Å². The maximum atomic E-state index is 11.2. The van der Waals surface area contributed by atoms with Crippen LogP contribution in [0.25, 0.3) is 0 Å². The summed E-state index contributed by atoms with van der Waals surface area (Å²) in [6, 6.07) is 0. The van der Waals surface area contributed by atoms with Gasteiger partial charge in [-0.15, -0.1) is 0 Å². The number of aliphatic carboxylic acids is 1. The third-order valence-corrected chi connectivity index (χ3v) is 2.27. The minimum atomic E-state index is -1.30. The molecule has 1 aliphatic heterocycles. The van der Waals surface area contributed by atoms with Gasteiger partial charge in [0.2, 0.25) is 5.91 Å². The smallest absolute Gasteiger partial charge is 0.228 e. The Bertz CT molecular complexity index is 209. The minimum absolute atomic E-state index is 0.326. The summed E-state index contributed by atoms with van der Waals surface area (Å²) in [6.07, 6.45) is -0.487. The molecule has 0 spiro atoms. The standard InChI is InChI=1S/C8H14N2O3/c1-9-2-4-10(5-3-9)7(11)6-8(12)13/h2-6H2,1H3,(H,12,13). The number of carbonyl (C=O) groups is 2. The van der Waals surface area contributed by atoms with Crippen LogP contribution >= 0.6 is 0 Å². The second-order valence-corrected chi connectivity index (χ2v) is 3.39. The molecule has 0 aromatic carbocycles. The molecule has 0 bridgehead atoms. The zero-order chi connectivity index (χ0) is 9.84. The van der Waals surface area contributed by atoms with Gasteiger partial charge in [0, 0.05) is 0 Å². The normalized spacial score (nSPS) is 18.7. The zero-order valence-corrected chi connectivity index (χ0v) is 7.71. The van der Waals surface area contributed by atoms with Gasteiger partial charge in [0.15, 0.2) is 0 Å². The molecule has 0 aromatic rings. The summed E-state index contributed by atoms with van der Waals surface area (Å²) in [7, 11) is 2.06. The van der Waals surface area contributed by atoms with Crippen molar-refractivity contribution < 1.29 is 19.6 Å². The summed E-state index contributed by atoms with van der Waals surface area (Å²) in [5.74, 6) is -1.62. The molecule has 1 saturated heterocycles. The molecule has 1 aliphatic rings. The van der Waals surface area contributed by atoms with Crippen LogP contribution in [0.2, 0.25) is 0 Å². The number of piperazine rings is 1. The molecular formula is C8H14N2O3. The summed E-state index contributed by atoms with van der Waals surface area (Å²) >= 11 is 0. The largest absolute Gasteiger partial charge is 0.550 e. The number of nitrogens with zero attached hydrogens (tertiary/aromatic N) is 1. The molecule has 0 aliphatic carbocycles. The van der Waals surface area contributed by atoms with Gasteiger partial charge in [0.05, 0.1) is 45.6 Å². The van der Waals surface area contributed by atoms with E-state index in [1.54, 1.807) is 4.90 Å². The second kappa shape index (κ2) is 4.23. The van der Waals surface area contributed by atoms with Gasteiger partial charge >= 0.3 is 0 Å². The number of carboxylic acids is 1. The topological polar surface area (TPSA) is 64.9 Å². The molecule has 0 aromatic heterocycles. The molecule has 0 unspecified atom stereocenters. The van der Waals surface area contributed by atoms with E-state index in [0.29, 0.717) is 13.1 Å². The molecular weight excluding hydrogens is 172 g/mol. The van der Waals surface area contributed by atoms with Crippen LogP contribution in [0.3, 0.4) is 0 Å². The highest BCUT2D eigenvalue weighted by atomic mass is 16.4. The molecule has 5 heteroatoms. The number of hydrogen-bond donors (Lipinski definition) is 1. The van der Waals surface area contributed by atoms with E-state index in [2.05, 4.69) is 7.05 Å². The zero-order valence-electron chi connectivity index (χ0n) is 7.71. The van der Waals surface area contributed by atoms with Crippen LogP contribution < -0.4 is 10.0 Å². The fourth-order valence-electron chi connectivity index (χ4n) is 1.37. The van der Waals surface area contributed by atoms with Crippen LogP contribution in [-0.2, 0) is 9.59 Å². The Morgan fingerprint density at radius 3 is 2.38 bits per heavy atom. The molecule has 0 radical (unpaired) electrons. The Morgan fingerprint density at radius 1 is 1.38 bits per heavy atom. The Morgan fingerprint density at radius 2 is 1.92 bits per heavy atom. The highest BCUT2D eigenvalue weighted by molar-refractivity contribution is 5.92. The van der Waals surface area contributed by atoms with Gasteiger partial charge in [-0.25, -0.2) is 0 Å². The molecule has 1 heterocycles. The molecule has 1 fully saturated rings. The number of quaternary nitrogens is 1. The molecule has 1 amide bonds. The average molecular weight is 186 g/mol. The predicted octanol–water partition coefficient (Wildman–Crippen LogP) is -3.52. The SMILES string of the molecule is C[NH+]1CCN(C(=O)CC(=O)[O-])CC1. The highest BCUT2D eigenvalue weighted by Crippen LogP contribution is 1.93. The summed E-state index contributed by atoms with van der Waals surface area (Å²) < 4.78 is 0. The quantitative estimate of drug-likeness (QED) is 0.455. The van der Waals surface area contributed by atoms with Gasteiger partial charge in [-0.05, 0) is 0 Å². The van der Waals surface area contributed by atoms with Crippen LogP contribution in [0, 0.1) is 0 Å². The number of carboxylic acid groups (broad SMARTS) is 1. The van der Waals surface area contributed by atoms with Crippen LogP contribution in [0.4, 0.5) is 0 Å². The molecule has 1 rings (SSSR count). The number of amides is 1. The fourth-order valence-corrected chi connectivity index (χ4v) is 1.37. The maximum Gasteiger partial charge on any atom is 0.228 e. The van der Waals surface area contributed by atoms with Crippen molar-refractivity contribution in [3.05, 3.63) is 0 Å². The van der Waals surface area contributed by atoms with E-state index in [1.807, 2.05) is 0 Å². The molecule has 5 nitrogen and oxygen atoms in total. The lowest BCUT2D eigenvalue weighted by Crippen LogP contribution is -3.12. The van der Waals surface area contributed by atoms with Crippen LogP contribution in [0.5, 0.6) is 0 Å². The molecule has 0 saturated carbocycles. The van der Waals surface area contributed by atoms with Crippen LogP contribution in [-0.4, -0.2) is 50.0 Å². The van der Waals surface area contributed by atoms with Crippen molar-refractivity contribution in [2.75, 3.05) is 33.2 Å². The fraction of sp³-hybridized carbons (Fsp3) is 0.750. The van der Waals surface area contributed by atoms with E-state index >= 15 is 0 Å². The first-order valence-electron chi connectivity index (χ1n) is 4.38. The summed E-state index contributed by atoms with van der Waals surface area (Å²) in [5.41, 5.74) is 0. The Balaban J connectivity index is 2.36. The van der Waals surface area contributed by atoms with E-state index in [9.17, 15) is 14.7 Å². The average Bonchev–Trinajstić information content (AvgIpc) is 2.04. The number of carbonyl (C=O) groups excluding carboxylic acids is 2. The van der Waals surface area contributed by atoms with Crippen molar-refractivity contribution in [1.29, 1.82) is 0 Å². The van der Waals surface area contributed by atoms with Crippen molar-refractivity contribution in [3.8, 4) is 0 Å². The Hall–Kier alpha value is -1.10. The first kappa shape index (κ1) is 9.98. The van der Waals surface area contributed by atoms with Gasteiger partial charge in [-0.2, -0.15) is 0 Å². The van der Waals surface area contributed by atoms with Crippen LogP contribution in [0.15, 0.2) is 0 Å². The third-order valence-electron chi connectivity index (χ3n) is 2.27. The monoisotopic (exact) mass is 186 g/mol. The van der Waals surface area contributed by atoms with Gasteiger partial charge in [0.25, 0.3) is 0 Å². The number of rotatable bonds is 2. The molecule has 74 valence electrons. The van der Waals surface area contributed by atoms with Crippen molar-refractivity contribution in [3.63, 3.8) is 0 Å². The number of hydrogen-bond acceptors (Lipinski definition) is 3. The summed E-state index contributed by atoms with van der Waals surface area (Å²) in [4.78, 5) is 24.3. The molecule has 13 heavy (non-hydrogen) atoms. The highest BCUT2D eigenvalue weighted by Gasteiger charge is 2.20. The van der Waals surface area contributed by atoms with Gasteiger partial charge in [-0.1, -0.05) is 0 Å². The first-order chi connectivity index (χ1) is 6.09. The molecule has 0 atom stereocenters. The van der Waals surface area contributed by atoms with Crippen molar-refractivity contribution >= 4 is 11.9 Å². The van der Waals surface area contributed by atoms with Gasteiger partial charge < -0.3 is 19.7 Å². The first-order valence-corrected chi connectivity index (χ1v) is 4.38. The second-order valence-electron chi connectivity index (χ2n) is 3.39. The third kappa shape index (κ3) is 3.02. The Labute approximate surface area is 76.9 Å². The summed E-state index contributed by atoms with van der Waals surface area (Å²) in [5, 5.41) is 10.2. The Kier molecular flexibility index (Phi) is 3.25. The van der Waals surface area contributed by atoms with Crippen LogP contribution in [0.1, 0.15) is 6.42 Å². The van der Waals surface area contributed by atoms with E-state index in [1.165, 1.54) is 4.90 Å². The van der Waals surface area contributed by atoms with E-state index in [0.717, 1.165) is 13.1 Å². The van der Waals surface area contributed by atoms with Crippen molar-refractivity contribution in [2.24, 2.45) is 0 Å². The van der Waals surface area contributed by atoms with E-state index in [-0.39, 0.29) is 5.91 Å². The van der Waals surface area contributed by atoms with Gasteiger partial charge in [0.1, 0.15) is 0 Å². The lowest BCUT2D eigenvalue weighted by Gasteiger charge is -2.30. The van der Waals surface area contributed by atoms with E-state index in [4.69, 9.17) is 0 Å². The number of nitrogens with one attached hydrogen (secondary N) is 1. The van der Waals surface area contributed by atoms with Gasteiger partial charge in [-0.3, -0.25) is 4.79 Å². The minimum Gasteiger partial charge on any atom is -0.550 e. The molecule has 1 N–H and O–H groups in total. The lowest BCUT2D eigenvalue weighted by atomic mass is 10.3.